The first-order valence-corrected chi connectivity index (χ1v) is 6.40. The molecule has 0 saturated heterocycles. The lowest BCUT2D eigenvalue weighted by molar-refractivity contribution is 0.566. The lowest BCUT2D eigenvalue weighted by atomic mass is 10.1. The summed E-state index contributed by atoms with van der Waals surface area (Å²) in [6, 6.07) is 2.34. The Bertz CT molecular complexity index is 323. The zero-order chi connectivity index (χ0) is 12.7. The Hall–Kier alpha value is -1.32. The number of aromatic nitrogens is 2. The molecule has 0 spiro atoms. The Labute approximate surface area is 104 Å². The van der Waals surface area contributed by atoms with Gasteiger partial charge in [-0.1, -0.05) is 13.8 Å². The van der Waals surface area contributed by atoms with Gasteiger partial charge in [-0.05, 0) is 32.6 Å². The van der Waals surface area contributed by atoms with Gasteiger partial charge in [0.15, 0.2) is 0 Å². The Kier molecular flexibility index (Phi) is 5.73. The van der Waals surface area contributed by atoms with Gasteiger partial charge >= 0.3 is 0 Å². The number of hydrogen-bond acceptors (Lipinski definition) is 4. The summed E-state index contributed by atoms with van der Waals surface area (Å²) in [5.41, 5.74) is 0. The summed E-state index contributed by atoms with van der Waals surface area (Å²) in [6.07, 6.45) is 4.01. The molecule has 0 fully saturated rings. The summed E-state index contributed by atoms with van der Waals surface area (Å²) in [7, 11) is 0. The van der Waals surface area contributed by atoms with E-state index in [0.717, 1.165) is 24.1 Å². The van der Waals surface area contributed by atoms with E-state index in [1.54, 1.807) is 6.33 Å². The Balaban J connectivity index is 2.37. The maximum atomic E-state index is 4.20. The summed E-state index contributed by atoms with van der Waals surface area (Å²) in [5.74, 6) is 2.54. The molecule has 0 aromatic carbocycles. The smallest absolute Gasteiger partial charge is 0.131 e. The van der Waals surface area contributed by atoms with E-state index < -0.39 is 0 Å². The van der Waals surface area contributed by atoms with Gasteiger partial charge in [-0.25, -0.2) is 9.97 Å². The van der Waals surface area contributed by atoms with E-state index in [2.05, 4.69) is 48.3 Å². The molecule has 0 amide bonds. The molecule has 1 heterocycles. The average molecular weight is 236 g/mol. The van der Waals surface area contributed by atoms with Crippen LogP contribution < -0.4 is 10.6 Å². The molecule has 4 heteroatoms. The molecular weight excluding hydrogens is 212 g/mol. The molecule has 0 aliphatic rings. The molecule has 0 aliphatic carbocycles. The Morgan fingerprint density at radius 2 is 1.82 bits per heavy atom. The van der Waals surface area contributed by atoms with Gasteiger partial charge in [0.25, 0.3) is 0 Å². The van der Waals surface area contributed by atoms with Crippen LogP contribution in [-0.4, -0.2) is 22.6 Å². The van der Waals surface area contributed by atoms with Gasteiger partial charge in [0.05, 0.1) is 0 Å². The lowest BCUT2D eigenvalue weighted by Gasteiger charge is -2.11. The van der Waals surface area contributed by atoms with Gasteiger partial charge in [0.2, 0.25) is 0 Å². The second kappa shape index (κ2) is 7.09. The van der Waals surface area contributed by atoms with Gasteiger partial charge in [-0.3, -0.25) is 0 Å². The minimum absolute atomic E-state index is 0.388. The van der Waals surface area contributed by atoms with Crippen LogP contribution in [0.25, 0.3) is 0 Å². The minimum Gasteiger partial charge on any atom is -0.370 e. The number of rotatable bonds is 7. The zero-order valence-corrected chi connectivity index (χ0v) is 11.3. The molecular formula is C13H24N4. The van der Waals surface area contributed by atoms with Crippen LogP contribution in [0.1, 0.15) is 40.5 Å². The van der Waals surface area contributed by atoms with Crippen LogP contribution in [0.3, 0.4) is 0 Å². The molecule has 17 heavy (non-hydrogen) atoms. The summed E-state index contributed by atoms with van der Waals surface area (Å²) < 4.78 is 0. The van der Waals surface area contributed by atoms with E-state index >= 15 is 0 Å². The molecule has 1 rings (SSSR count). The highest BCUT2D eigenvalue weighted by Crippen LogP contribution is 2.10. The third kappa shape index (κ3) is 6.09. The molecule has 0 aliphatic heterocycles. The van der Waals surface area contributed by atoms with E-state index in [1.807, 2.05) is 6.07 Å². The largest absolute Gasteiger partial charge is 0.370 e. The van der Waals surface area contributed by atoms with Crippen molar-refractivity contribution >= 4 is 11.6 Å². The van der Waals surface area contributed by atoms with Crippen molar-refractivity contribution < 1.29 is 0 Å². The van der Waals surface area contributed by atoms with Crippen molar-refractivity contribution in [3.63, 3.8) is 0 Å². The van der Waals surface area contributed by atoms with Crippen molar-refractivity contribution in [1.82, 2.24) is 9.97 Å². The number of nitrogens with zero attached hydrogens (tertiary/aromatic N) is 2. The van der Waals surface area contributed by atoms with Crippen molar-refractivity contribution in [2.45, 2.75) is 46.6 Å². The molecule has 1 aromatic rings. The normalized spacial score (nSPS) is 10.9. The first-order chi connectivity index (χ1) is 8.08. The summed E-state index contributed by atoms with van der Waals surface area (Å²) in [6.45, 7) is 9.65. The first-order valence-electron chi connectivity index (χ1n) is 6.40. The highest BCUT2D eigenvalue weighted by Gasteiger charge is 2.00. The van der Waals surface area contributed by atoms with Crippen LogP contribution in [0.15, 0.2) is 12.4 Å². The topological polar surface area (TPSA) is 49.8 Å². The number of hydrogen-bond donors (Lipinski definition) is 2. The molecule has 0 atom stereocenters. The third-order valence-electron chi connectivity index (χ3n) is 2.37. The fourth-order valence-corrected chi connectivity index (χ4v) is 1.56. The van der Waals surface area contributed by atoms with Crippen LogP contribution in [0.5, 0.6) is 0 Å². The van der Waals surface area contributed by atoms with Gasteiger partial charge in [0, 0.05) is 18.7 Å². The predicted octanol–water partition coefficient (Wildman–Crippen LogP) is 3.15. The summed E-state index contributed by atoms with van der Waals surface area (Å²) in [5, 5.41) is 6.59. The SMILES string of the molecule is CC(C)CCCNc1cc(NC(C)C)ncn1. The zero-order valence-electron chi connectivity index (χ0n) is 11.3. The monoisotopic (exact) mass is 236 g/mol. The van der Waals surface area contributed by atoms with Crippen LogP contribution >= 0.6 is 0 Å². The fraction of sp³-hybridized carbons (Fsp3) is 0.692. The number of nitrogens with one attached hydrogen (secondary N) is 2. The first kappa shape index (κ1) is 13.7. The molecule has 1 aromatic heterocycles. The van der Waals surface area contributed by atoms with Crippen LogP contribution in [0, 0.1) is 5.92 Å². The second-order valence-electron chi connectivity index (χ2n) is 5.05. The summed E-state index contributed by atoms with van der Waals surface area (Å²) >= 11 is 0. The fourth-order valence-electron chi connectivity index (χ4n) is 1.56. The number of anilines is 2. The van der Waals surface area contributed by atoms with Crippen molar-refractivity contribution in [2.24, 2.45) is 5.92 Å². The molecule has 0 unspecified atom stereocenters. The quantitative estimate of drug-likeness (QED) is 0.714. The van der Waals surface area contributed by atoms with Gasteiger partial charge in [-0.2, -0.15) is 0 Å². The van der Waals surface area contributed by atoms with E-state index in [0.29, 0.717) is 6.04 Å². The predicted molar refractivity (Wildman–Crippen MR) is 73.4 cm³/mol. The highest BCUT2D eigenvalue weighted by atomic mass is 15.1. The second-order valence-corrected chi connectivity index (χ2v) is 5.05. The highest BCUT2D eigenvalue weighted by molar-refractivity contribution is 5.46. The maximum Gasteiger partial charge on any atom is 0.131 e. The third-order valence-corrected chi connectivity index (χ3v) is 2.37. The molecule has 96 valence electrons. The molecule has 4 nitrogen and oxygen atoms in total. The van der Waals surface area contributed by atoms with Crippen molar-refractivity contribution in [1.29, 1.82) is 0 Å². The molecule has 0 bridgehead atoms. The minimum atomic E-state index is 0.388. The van der Waals surface area contributed by atoms with Gasteiger partial charge < -0.3 is 10.6 Å². The lowest BCUT2D eigenvalue weighted by Crippen LogP contribution is -2.12. The van der Waals surface area contributed by atoms with E-state index in [1.165, 1.54) is 12.8 Å². The Morgan fingerprint density at radius 3 is 2.47 bits per heavy atom. The Morgan fingerprint density at radius 1 is 1.12 bits per heavy atom. The van der Waals surface area contributed by atoms with Crippen LogP contribution in [0.2, 0.25) is 0 Å². The summed E-state index contributed by atoms with van der Waals surface area (Å²) in [4.78, 5) is 8.37. The molecule has 0 radical (unpaired) electrons. The van der Waals surface area contributed by atoms with Gasteiger partial charge in [-0.15, -0.1) is 0 Å². The van der Waals surface area contributed by atoms with E-state index in [9.17, 15) is 0 Å². The van der Waals surface area contributed by atoms with Crippen LogP contribution in [-0.2, 0) is 0 Å². The molecule has 2 N–H and O–H groups in total. The van der Waals surface area contributed by atoms with Gasteiger partial charge in [0.1, 0.15) is 18.0 Å². The average Bonchev–Trinajstić information content (AvgIpc) is 2.24. The van der Waals surface area contributed by atoms with E-state index in [-0.39, 0.29) is 0 Å². The molecule has 0 saturated carbocycles. The van der Waals surface area contributed by atoms with Crippen LogP contribution in [0.4, 0.5) is 11.6 Å². The van der Waals surface area contributed by atoms with Crippen molar-refractivity contribution in [3.8, 4) is 0 Å². The standard InChI is InChI=1S/C13H24N4/c1-10(2)6-5-7-14-12-8-13(16-9-15-12)17-11(3)4/h8-11H,5-7H2,1-4H3,(H2,14,15,16,17). The maximum absolute atomic E-state index is 4.20. The van der Waals surface area contributed by atoms with Crippen molar-refractivity contribution in [2.75, 3.05) is 17.2 Å². The van der Waals surface area contributed by atoms with Crippen molar-refractivity contribution in [3.05, 3.63) is 12.4 Å². The van der Waals surface area contributed by atoms with E-state index in [4.69, 9.17) is 0 Å².